The molecule has 2 aromatic rings. The van der Waals surface area contributed by atoms with Gasteiger partial charge in [0.15, 0.2) is 0 Å². The summed E-state index contributed by atoms with van der Waals surface area (Å²) in [6.07, 6.45) is 6.54. The number of ether oxygens (including phenoxy) is 2. The van der Waals surface area contributed by atoms with Crippen LogP contribution in [0.4, 0.5) is 5.69 Å². The molecular weight excluding hydrogens is 302 g/mol. The van der Waals surface area contributed by atoms with Gasteiger partial charge in [0.2, 0.25) is 0 Å². The first-order chi connectivity index (χ1) is 11.9. The molecule has 0 aliphatic carbocycles. The molecule has 1 fully saturated rings. The molecule has 24 heavy (non-hydrogen) atoms. The molecule has 0 amide bonds. The van der Waals surface area contributed by atoms with Crippen LogP contribution in [0.1, 0.15) is 25.7 Å². The summed E-state index contributed by atoms with van der Waals surface area (Å²) in [4.78, 5) is 4.49. The van der Waals surface area contributed by atoms with Crippen LogP contribution in [0.3, 0.4) is 0 Å². The van der Waals surface area contributed by atoms with E-state index in [-0.39, 0.29) is 0 Å². The standard InChI is InChI=1S/C19H27N3O2/c1-23-17-12-15-6-5-10-22-19(15)18(13-17)21-9-4-2-3-8-20-16-7-11-24-14-16/h5-6,10,12-13,16,20-21H,2-4,7-9,11,14H2,1H3. The lowest BCUT2D eigenvalue weighted by Gasteiger charge is -2.12. The molecule has 1 saturated heterocycles. The van der Waals surface area contributed by atoms with Gasteiger partial charge >= 0.3 is 0 Å². The van der Waals surface area contributed by atoms with Crippen molar-refractivity contribution in [1.82, 2.24) is 10.3 Å². The topological polar surface area (TPSA) is 55.4 Å². The lowest BCUT2D eigenvalue weighted by atomic mass is 10.1. The number of rotatable bonds is 9. The van der Waals surface area contributed by atoms with E-state index >= 15 is 0 Å². The third-order valence-electron chi connectivity index (χ3n) is 4.45. The van der Waals surface area contributed by atoms with E-state index in [0.717, 1.165) is 61.5 Å². The molecule has 0 spiro atoms. The molecule has 1 aliphatic rings. The summed E-state index contributed by atoms with van der Waals surface area (Å²) in [5.41, 5.74) is 2.05. The molecule has 1 aromatic heterocycles. The summed E-state index contributed by atoms with van der Waals surface area (Å²) < 4.78 is 10.8. The van der Waals surface area contributed by atoms with E-state index in [4.69, 9.17) is 9.47 Å². The molecule has 0 saturated carbocycles. The number of nitrogens with one attached hydrogen (secondary N) is 2. The van der Waals surface area contributed by atoms with Crippen LogP contribution in [0, 0.1) is 0 Å². The second kappa shape index (κ2) is 8.85. The molecule has 1 aliphatic heterocycles. The number of nitrogens with zero attached hydrogens (tertiary/aromatic N) is 1. The average molecular weight is 329 g/mol. The summed E-state index contributed by atoms with van der Waals surface area (Å²) in [5, 5.41) is 8.17. The number of aromatic nitrogens is 1. The maximum absolute atomic E-state index is 5.38. The fraction of sp³-hybridized carbons (Fsp3) is 0.526. The zero-order valence-electron chi connectivity index (χ0n) is 14.4. The summed E-state index contributed by atoms with van der Waals surface area (Å²) in [5.74, 6) is 0.862. The number of anilines is 1. The molecular formula is C19H27N3O2. The molecule has 2 N–H and O–H groups in total. The second-order valence-electron chi connectivity index (χ2n) is 6.25. The molecule has 1 unspecified atom stereocenters. The minimum atomic E-state index is 0.567. The van der Waals surface area contributed by atoms with E-state index in [1.807, 2.05) is 24.4 Å². The summed E-state index contributed by atoms with van der Waals surface area (Å²) >= 11 is 0. The van der Waals surface area contributed by atoms with Crippen molar-refractivity contribution >= 4 is 16.6 Å². The van der Waals surface area contributed by atoms with Gasteiger partial charge in [0, 0.05) is 36.8 Å². The molecule has 0 bridgehead atoms. The van der Waals surface area contributed by atoms with Crippen molar-refractivity contribution in [3.8, 4) is 5.75 Å². The van der Waals surface area contributed by atoms with E-state index in [1.165, 1.54) is 12.8 Å². The predicted octanol–water partition coefficient (Wildman–Crippen LogP) is 3.20. The van der Waals surface area contributed by atoms with Gasteiger partial charge in [0.1, 0.15) is 5.75 Å². The average Bonchev–Trinajstić information content (AvgIpc) is 3.14. The molecule has 130 valence electrons. The van der Waals surface area contributed by atoms with Crippen molar-refractivity contribution in [3.05, 3.63) is 30.5 Å². The Morgan fingerprint density at radius 2 is 2.17 bits per heavy atom. The van der Waals surface area contributed by atoms with Gasteiger partial charge in [0.05, 0.1) is 24.9 Å². The number of fused-ring (bicyclic) bond motifs is 1. The van der Waals surface area contributed by atoms with Crippen LogP contribution in [-0.4, -0.2) is 44.4 Å². The third-order valence-corrected chi connectivity index (χ3v) is 4.45. The Kier molecular flexibility index (Phi) is 6.26. The van der Waals surface area contributed by atoms with Gasteiger partial charge in [-0.3, -0.25) is 4.98 Å². The van der Waals surface area contributed by atoms with Crippen LogP contribution >= 0.6 is 0 Å². The van der Waals surface area contributed by atoms with Gasteiger partial charge in [-0.05, 0) is 37.9 Å². The molecule has 2 heterocycles. The van der Waals surface area contributed by atoms with Crippen molar-refractivity contribution in [2.24, 2.45) is 0 Å². The van der Waals surface area contributed by atoms with Crippen LogP contribution in [0.25, 0.3) is 10.9 Å². The molecule has 5 nitrogen and oxygen atoms in total. The fourth-order valence-electron chi connectivity index (χ4n) is 3.07. The zero-order chi connectivity index (χ0) is 16.6. The SMILES string of the molecule is COc1cc(NCCCCCNC2CCOC2)c2ncccc2c1. The normalized spacial score (nSPS) is 17.3. The maximum atomic E-state index is 5.38. The smallest absolute Gasteiger partial charge is 0.121 e. The van der Waals surface area contributed by atoms with Crippen molar-refractivity contribution in [2.75, 3.05) is 38.7 Å². The summed E-state index contributed by atoms with van der Waals surface area (Å²) in [7, 11) is 1.70. The van der Waals surface area contributed by atoms with Gasteiger partial charge in [-0.1, -0.05) is 12.5 Å². The highest BCUT2D eigenvalue weighted by Crippen LogP contribution is 2.27. The first kappa shape index (κ1) is 17.0. The Morgan fingerprint density at radius 3 is 3.00 bits per heavy atom. The van der Waals surface area contributed by atoms with Crippen LogP contribution in [0.15, 0.2) is 30.5 Å². The van der Waals surface area contributed by atoms with Gasteiger partial charge in [-0.25, -0.2) is 0 Å². The van der Waals surface area contributed by atoms with Crippen LogP contribution in [0.5, 0.6) is 5.75 Å². The summed E-state index contributed by atoms with van der Waals surface area (Å²) in [6.45, 7) is 3.81. The Balaban J connectivity index is 1.42. The van der Waals surface area contributed by atoms with Gasteiger partial charge < -0.3 is 20.1 Å². The van der Waals surface area contributed by atoms with E-state index in [0.29, 0.717) is 6.04 Å². The van der Waals surface area contributed by atoms with E-state index < -0.39 is 0 Å². The van der Waals surface area contributed by atoms with E-state index in [1.54, 1.807) is 7.11 Å². The highest BCUT2D eigenvalue weighted by molar-refractivity contribution is 5.91. The molecule has 1 aromatic carbocycles. The Hall–Kier alpha value is -1.85. The van der Waals surface area contributed by atoms with Gasteiger partial charge in [-0.2, -0.15) is 0 Å². The predicted molar refractivity (Wildman–Crippen MR) is 97.9 cm³/mol. The molecule has 0 radical (unpaired) electrons. The van der Waals surface area contributed by atoms with Gasteiger partial charge in [-0.15, -0.1) is 0 Å². The highest BCUT2D eigenvalue weighted by atomic mass is 16.5. The van der Waals surface area contributed by atoms with E-state index in [9.17, 15) is 0 Å². The van der Waals surface area contributed by atoms with Gasteiger partial charge in [0.25, 0.3) is 0 Å². The number of hydrogen-bond acceptors (Lipinski definition) is 5. The third kappa shape index (κ3) is 4.58. The maximum Gasteiger partial charge on any atom is 0.121 e. The number of unbranched alkanes of at least 4 members (excludes halogenated alkanes) is 2. The van der Waals surface area contributed by atoms with Crippen LogP contribution in [0.2, 0.25) is 0 Å². The van der Waals surface area contributed by atoms with Crippen LogP contribution < -0.4 is 15.4 Å². The molecule has 5 heteroatoms. The minimum absolute atomic E-state index is 0.567. The lowest BCUT2D eigenvalue weighted by Crippen LogP contribution is -2.29. The number of hydrogen-bond donors (Lipinski definition) is 2. The largest absolute Gasteiger partial charge is 0.497 e. The van der Waals surface area contributed by atoms with Crippen molar-refractivity contribution in [3.63, 3.8) is 0 Å². The van der Waals surface area contributed by atoms with E-state index in [2.05, 4.69) is 21.7 Å². The van der Waals surface area contributed by atoms with Crippen molar-refractivity contribution < 1.29 is 9.47 Å². The number of benzene rings is 1. The number of pyridine rings is 1. The summed E-state index contributed by atoms with van der Waals surface area (Å²) in [6, 6.07) is 8.63. The van der Waals surface area contributed by atoms with Crippen molar-refractivity contribution in [1.29, 1.82) is 0 Å². The monoisotopic (exact) mass is 329 g/mol. The minimum Gasteiger partial charge on any atom is -0.497 e. The number of methoxy groups -OCH3 is 1. The first-order valence-corrected chi connectivity index (χ1v) is 8.84. The van der Waals surface area contributed by atoms with Crippen molar-refractivity contribution in [2.45, 2.75) is 31.7 Å². The van der Waals surface area contributed by atoms with Crippen LogP contribution in [-0.2, 0) is 4.74 Å². The quantitative estimate of drug-likeness (QED) is 0.692. The Labute approximate surface area is 143 Å². The first-order valence-electron chi connectivity index (χ1n) is 8.84. The fourth-order valence-corrected chi connectivity index (χ4v) is 3.07. The highest BCUT2D eigenvalue weighted by Gasteiger charge is 2.13. The molecule has 1 atom stereocenters. The molecule has 3 rings (SSSR count). The lowest BCUT2D eigenvalue weighted by molar-refractivity contribution is 0.190. The zero-order valence-corrected chi connectivity index (χ0v) is 14.4. The Morgan fingerprint density at radius 1 is 1.25 bits per heavy atom. The second-order valence-corrected chi connectivity index (χ2v) is 6.25. The Bertz CT molecular complexity index is 642.